The van der Waals surface area contributed by atoms with Crippen LogP contribution >= 0.6 is 22.9 Å². The molecule has 0 saturated carbocycles. The summed E-state index contributed by atoms with van der Waals surface area (Å²) in [7, 11) is 0. The number of carbonyl (C=O) groups excluding carboxylic acids is 1. The van der Waals surface area contributed by atoms with Gasteiger partial charge < -0.3 is 0 Å². The molecule has 0 N–H and O–H groups in total. The molecular formula is C13H13ClOS. The Balaban J connectivity index is 0.000000165. The number of aryl methyl sites for hydroxylation is 1. The van der Waals surface area contributed by atoms with E-state index in [1.54, 1.807) is 11.3 Å². The van der Waals surface area contributed by atoms with E-state index in [1.165, 1.54) is 0 Å². The van der Waals surface area contributed by atoms with Gasteiger partial charge in [0.15, 0.2) is 6.29 Å². The molecule has 0 radical (unpaired) electrons. The second kappa shape index (κ2) is 7.20. The van der Waals surface area contributed by atoms with Crippen LogP contribution in [0.2, 0.25) is 5.02 Å². The van der Waals surface area contributed by atoms with Crippen molar-refractivity contribution in [2.45, 2.75) is 13.3 Å². The summed E-state index contributed by atoms with van der Waals surface area (Å²) < 4.78 is 0. The summed E-state index contributed by atoms with van der Waals surface area (Å²) in [6.45, 7) is 2.05. The fraction of sp³-hybridized carbons (Fsp3) is 0.154. The van der Waals surface area contributed by atoms with Crippen molar-refractivity contribution in [3.8, 4) is 0 Å². The van der Waals surface area contributed by atoms with Crippen LogP contribution in [0.3, 0.4) is 0 Å². The first-order valence-corrected chi connectivity index (χ1v) is 6.30. The van der Waals surface area contributed by atoms with Gasteiger partial charge in [-0.3, -0.25) is 4.79 Å². The van der Waals surface area contributed by atoms with E-state index in [0.717, 1.165) is 28.9 Å². The van der Waals surface area contributed by atoms with E-state index in [4.69, 9.17) is 11.6 Å². The van der Waals surface area contributed by atoms with Gasteiger partial charge in [0.1, 0.15) is 0 Å². The molecule has 2 aromatic rings. The van der Waals surface area contributed by atoms with Gasteiger partial charge >= 0.3 is 0 Å². The van der Waals surface area contributed by atoms with Gasteiger partial charge in [-0.1, -0.05) is 36.7 Å². The van der Waals surface area contributed by atoms with Crippen molar-refractivity contribution in [3.05, 3.63) is 57.2 Å². The third kappa shape index (κ3) is 4.17. The molecule has 0 spiro atoms. The van der Waals surface area contributed by atoms with Gasteiger partial charge in [0.25, 0.3) is 0 Å². The van der Waals surface area contributed by atoms with E-state index in [1.807, 2.05) is 41.1 Å². The minimum atomic E-state index is 0.794. The molecule has 0 amide bonds. The minimum absolute atomic E-state index is 0.794. The van der Waals surface area contributed by atoms with Crippen molar-refractivity contribution < 1.29 is 4.79 Å². The van der Waals surface area contributed by atoms with Crippen molar-refractivity contribution in [3.63, 3.8) is 0 Å². The van der Waals surface area contributed by atoms with Gasteiger partial charge in [-0.25, -0.2) is 0 Å². The maximum Gasteiger partial charge on any atom is 0.151 e. The molecule has 3 heteroatoms. The lowest BCUT2D eigenvalue weighted by molar-refractivity contribution is 0.112. The Bertz CT molecular complexity index is 423. The maximum atomic E-state index is 10.3. The van der Waals surface area contributed by atoms with Crippen LogP contribution in [0.25, 0.3) is 0 Å². The first-order valence-electron chi connectivity index (χ1n) is 4.98. The number of thiophene rings is 1. The van der Waals surface area contributed by atoms with Crippen LogP contribution in [0.15, 0.2) is 41.1 Å². The summed E-state index contributed by atoms with van der Waals surface area (Å²) in [5.74, 6) is 0. The average Bonchev–Trinajstić information content (AvgIpc) is 2.78. The smallest absolute Gasteiger partial charge is 0.151 e. The van der Waals surface area contributed by atoms with Crippen LogP contribution in [-0.4, -0.2) is 6.29 Å². The highest BCUT2D eigenvalue weighted by atomic mass is 35.5. The van der Waals surface area contributed by atoms with E-state index in [9.17, 15) is 4.79 Å². The molecule has 0 unspecified atom stereocenters. The predicted octanol–water partition coefficient (Wildman–Crippen LogP) is 4.46. The molecule has 1 aromatic heterocycles. The predicted molar refractivity (Wildman–Crippen MR) is 70.5 cm³/mol. The second-order valence-corrected chi connectivity index (χ2v) is 4.30. The molecule has 1 heterocycles. The van der Waals surface area contributed by atoms with E-state index in [-0.39, 0.29) is 0 Å². The third-order valence-electron chi connectivity index (χ3n) is 2.02. The largest absolute Gasteiger partial charge is 0.298 e. The van der Waals surface area contributed by atoms with Crippen molar-refractivity contribution in [2.24, 2.45) is 0 Å². The number of halogens is 1. The highest BCUT2D eigenvalue weighted by Gasteiger charge is 1.97. The topological polar surface area (TPSA) is 17.1 Å². The maximum absolute atomic E-state index is 10.3. The van der Waals surface area contributed by atoms with Crippen LogP contribution in [0, 0.1) is 0 Å². The molecule has 0 saturated heterocycles. The molecule has 0 atom stereocenters. The zero-order chi connectivity index (χ0) is 11.8. The van der Waals surface area contributed by atoms with Gasteiger partial charge in [-0.05, 0) is 29.5 Å². The van der Waals surface area contributed by atoms with E-state index < -0.39 is 0 Å². The lowest BCUT2D eigenvalue weighted by Crippen LogP contribution is -1.81. The van der Waals surface area contributed by atoms with Gasteiger partial charge in [0.05, 0.1) is 0 Å². The lowest BCUT2D eigenvalue weighted by Gasteiger charge is -1.87. The molecule has 0 bridgehead atoms. The van der Waals surface area contributed by atoms with Gasteiger partial charge in [-0.15, -0.1) is 0 Å². The van der Waals surface area contributed by atoms with E-state index in [2.05, 4.69) is 6.92 Å². The van der Waals surface area contributed by atoms with Crippen molar-refractivity contribution in [2.75, 3.05) is 0 Å². The van der Waals surface area contributed by atoms with Gasteiger partial charge in [-0.2, -0.15) is 11.3 Å². The minimum Gasteiger partial charge on any atom is -0.298 e. The number of hydrogen-bond donors (Lipinski definition) is 0. The van der Waals surface area contributed by atoms with Crippen molar-refractivity contribution in [1.29, 1.82) is 0 Å². The highest BCUT2D eigenvalue weighted by molar-refractivity contribution is 7.08. The first-order chi connectivity index (χ1) is 7.77. The molecule has 0 aliphatic heterocycles. The summed E-state index contributed by atoms with van der Waals surface area (Å²) >= 11 is 7.12. The van der Waals surface area contributed by atoms with Crippen molar-refractivity contribution in [1.82, 2.24) is 0 Å². The molecule has 1 nitrogen and oxygen atoms in total. The zero-order valence-corrected chi connectivity index (χ0v) is 10.6. The normalized spacial score (nSPS) is 9.12. The molecule has 84 valence electrons. The summed E-state index contributed by atoms with van der Waals surface area (Å²) in [6.07, 6.45) is 1.87. The quantitative estimate of drug-likeness (QED) is 0.721. The molecule has 16 heavy (non-hydrogen) atoms. The van der Waals surface area contributed by atoms with Crippen LogP contribution in [0.4, 0.5) is 0 Å². The third-order valence-corrected chi connectivity index (χ3v) is 3.08. The molecule has 2 rings (SSSR count). The van der Waals surface area contributed by atoms with Gasteiger partial charge in [0, 0.05) is 16.0 Å². The Hall–Kier alpha value is -1.12. The van der Waals surface area contributed by atoms with Crippen LogP contribution in [0.1, 0.15) is 22.8 Å². The number of rotatable bonds is 2. The Morgan fingerprint density at radius 1 is 1.25 bits per heavy atom. The fourth-order valence-corrected chi connectivity index (χ4v) is 2.17. The second-order valence-electron chi connectivity index (χ2n) is 3.12. The SMILES string of the molecule is CCc1cscc1C=O.Clc1ccccc1. The summed E-state index contributed by atoms with van der Waals surface area (Å²) in [5.41, 5.74) is 2.01. The average molecular weight is 253 g/mol. The molecule has 0 aliphatic carbocycles. The summed E-state index contributed by atoms with van der Waals surface area (Å²) in [5, 5.41) is 4.69. The Kier molecular flexibility index (Phi) is 5.83. The molecule has 0 fully saturated rings. The highest BCUT2D eigenvalue weighted by Crippen LogP contribution is 2.12. The molecule has 0 aliphatic rings. The summed E-state index contributed by atoms with van der Waals surface area (Å²) in [4.78, 5) is 10.3. The standard InChI is InChI=1S/C7H8OS.C6H5Cl/c1-2-6-4-9-5-7(6)3-8;7-6-4-2-1-3-5-6/h3-5H,2H2,1H3;1-5H. The Morgan fingerprint density at radius 3 is 2.31 bits per heavy atom. The van der Waals surface area contributed by atoms with Crippen LogP contribution in [0.5, 0.6) is 0 Å². The fourth-order valence-electron chi connectivity index (χ4n) is 1.14. The van der Waals surface area contributed by atoms with E-state index >= 15 is 0 Å². The zero-order valence-electron chi connectivity index (χ0n) is 9.02. The van der Waals surface area contributed by atoms with Gasteiger partial charge in [0.2, 0.25) is 0 Å². The Labute approximate surface area is 105 Å². The molecular weight excluding hydrogens is 240 g/mol. The molecule has 1 aromatic carbocycles. The monoisotopic (exact) mass is 252 g/mol. The van der Waals surface area contributed by atoms with E-state index in [0.29, 0.717) is 0 Å². The number of aldehydes is 1. The lowest BCUT2D eigenvalue weighted by atomic mass is 10.2. The number of hydrogen-bond acceptors (Lipinski definition) is 2. The number of carbonyl (C=O) groups is 1. The summed E-state index contributed by atoms with van der Waals surface area (Å²) in [6, 6.07) is 9.44. The number of benzene rings is 1. The Morgan fingerprint density at radius 2 is 1.94 bits per heavy atom. The van der Waals surface area contributed by atoms with Crippen molar-refractivity contribution >= 4 is 29.2 Å². The van der Waals surface area contributed by atoms with Crippen LogP contribution < -0.4 is 0 Å². The first kappa shape index (κ1) is 12.9. The van der Waals surface area contributed by atoms with Crippen LogP contribution in [-0.2, 0) is 6.42 Å².